The third-order valence-electron chi connectivity index (χ3n) is 7.70. The predicted octanol–water partition coefficient (Wildman–Crippen LogP) is 7.34. The van der Waals surface area contributed by atoms with Crippen LogP contribution in [-0.4, -0.2) is 34.0 Å². The average molecular weight is 542 g/mol. The van der Waals surface area contributed by atoms with E-state index in [0.717, 1.165) is 23.3 Å². The van der Waals surface area contributed by atoms with Crippen molar-refractivity contribution in [1.82, 2.24) is 4.90 Å². The highest BCUT2D eigenvalue weighted by molar-refractivity contribution is 5.95. The third-order valence-corrected chi connectivity index (χ3v) is 7.70. The average Bonchev–Trinajstić information content (AvgIpc) is 3.20. The van der Waals surface area contributed by atoms with Gasteiger partial charge in [-0.1, -0.05) is 90.1 Å². The number of fused-ring (bicyclic) bond motifs is 1. The van der Waals surface area contributed by atoms with Gasteiger partial charge < -0.3 is 14.7 Å². The van der Waals surface area contributed by atoms with E-state index >= 15 is 0 Å². The number of aliphatic carboxylic acids is 1. The zero-order valence-corrected chi connectivity index (χ0v) is 25.0. The first-order valence-corrected chi connectivity index (χ1v) is 14.1. The van der Waals surface area contributed by atoms with Crippen LogP contribution in [0.1, 0.15) is 93.1 Å². The summed E-state index contributed by atoms with van der Waals surface area (Å²) in [5, 5.41) is 9.31. The Morgan fingerprint density at radius 2 is 1.40 bits per heavy atom. The first kappa shape index (κ1) is 29.4. The van der Waals surface area contributed by atoms with Crippen molar-refractivity contribution in [3.8, 4) is 5.75 Å². The van der Waals surface area contributed by atoms with Crippen LogP contribution >= 0.6 is 0 Å². The highest BCUT2D eigenvalue weighted by atomic mass is 16.5. The number of rotatable bonds is 8. The summed E-state index contributed by atoms with van der Waals surface area (Å²) >= 11 is 0. The second kappa shape index (κ2) is 11.1. The molecule has 0 aromatic heterocycles. The maximum Gasteiger partial charge on any atom is 0.305 e. The number of carbonyl (C=O) groups is 2. The lowest BCUT2D eigenvalue weighted by atomic mass is 9.85. The van der Waals surface area contributed by atoms with Crippen molar-refractivity contribution in [1.29, 1.82) is 0 Å². The zero-order valence-electron chi connectivity index (χ0n) is 25.0. The van der Waals surface area contributed by atoms with Crippen LogP contribution in [0.4, 0.5) is 0 Å². The van der Waals surface area contributed by atoms with E-state index in [-0.39, 0.29) is 29.7 Å². The van der Waals surface area contributed by atoms with Crippen LogP contribution in [0.2, 0.25) is 0 Å². The molecule has 1 unspecified atom stereocenters. The van der Waals surface area contributed by atoms with E-state index in [1.807, 2.05) is 24.3 Å². The number of ether oxygens (including phenoxy) is 1. The highest BCUT2D eigenvalue weighted by Crippen LogP contribution is 2.38. The smallest absolute Gasteiger partial charge is 0.305 e. The molecule has 1 atom stereocenters. The van der Waals surface area contributed by atoms with Gasteiger partial charge in [-0.3, -0.25) is 9.59 Å². The van der Waals surface area contributed by atoms with Crippen LogP contribution in [0.3, 0.4) is 0 Å². The van der Waals surface area contributed by atoms with Crippen LogP contribution < -0.4 is 4.74 Å². The Hall–Kier alpha value is -3.60. The molecule has 0 spiro atoms. The van der Waals surface area contributed by atoms with Crippen LogP contribution in [0.5, 0.6) is 5.75 Å². The van der Waals surface area contributed by atoms with Crippen molar-refractivity contribution in [2.24, 2.45) is 0 Å². The minimum absolute atomic E-state index is 0.0359. The van der Waals surface area contributed by atoms with Gasteiger partial charge in [-0.2, -0.15) is 0 Å². The van der Waals surface area contributed by atoms with Crippen LogP contribution in [-0.2, 0) is 35.0 Å². The molecule has 4 rings (SSSR count). The molecule has 5 heteroatoms. The molecule has 1 aliphatic rings. The molecule has 212 valence electrons. The molecule has 1 amide bonds. The number of hydrogen-bond acceptors (Lipinski definition) is 3. The summed E-state index contributed by atoms with van der Waals surface area (Å²) in [5.74, 6) is -0.287. The minimum atomic E-state index is -0.922. The molecule has 3 aromatic rings. The van der Waals surface area contributed by atoms with Crippen LogP contribution in [0, 0.1) is 0 Å². The summed E-state index contributed by atoms with van der Waals surface area (Å²) in [5.41, 5.74) is 6.02. The molecular weight excluding hydrogens is 498 g/mol. The quantitative estimate of drug-likeness (QED) is 0.324. The van der Waals surface area contributed by atoms with Crippen LogP contribution in [0.15, 0.2) is 66.7 Å². The number of amides is 1. The van der Waals surface area contributed by atoms with Crippen molar-refractivity contribution >= 4 is 11.9 Å². The molecule has 0 saturated carbocycles. The van der Waals surface area contributed by atoms with E-state index in [1.54, 1.807) is 11.0 Å². The fourth-order valence-electron chi connectivity index (χ4n) is 5.30. The fraction of sp³-hybridized carbons (Fsp3) is 0.429. The lowest BCUT2D eigenvalue weighted by molar-refractivity contribution is -0.137. The summed E-state index contributed by atoms with van der Waals surface area (Å²) in [4.78, 5) is 26.6. The number of carboxylic acids is 1. The molecule has 0 aliphatic carbocycles. The second-order valence-corrected chi connectivity index (χ2v) is 13.5. The fourth-order valence-corrected chi connectivity index (χ4v) is 5.30. The molecule has 1 aliphatic heterocycles. The molecule has 1 N–H and O–H groups in total. The Morgan fingerprint density at radius 1 is 0.850 bits per heavy atom. The number of carboxylic acid groups (broad SMARTS) is 1. The largest absolute Gasteiger partial charge is 0.487 e. The second-order valence-electron chi connectivity index (χ2n) is 13.5. The van der Waals surface area contributed by atoms with Gasteiger partial charge in [0.25, 0.3) is 5.91 Å². The van der Waals surface area contributed by atoms with Gasteiger partial charge in [-0.15, -0.1) is 0 Å². The van der Waals surface area contributed by atoms with Crippen molar-refractivity contribution in [3.63, 3.8) is 0 Å². The normalized spacial score (nSPS) is 16.8. The molecular formula is C35H43NO4. The summed E-state index contributed by atoms with van der Waals surface area (Å²) in [6.07, 6.45) is 1.37. The highest BCUT2D eigenvalue weighted by Gasteiger charge is 2.35. The van der Waals surface area contributed by atoms with Gasteiger partial charge in [0.05, 0.1) is 6.42 Å². The number of hydrogen-bond donors (Lipinski definition) is 1. The van der Waals surface area contributed by atoms with E-state index in [9.17, 15) is 14.7 Å². The molecule has 1 heterocycles. The molecule has 0 saturated heterocycles. The summed E-state index contributed by atoms with van der Waals surface area (Å²) in [6.45, 7) is 15.7. The molecule has 5 nitrogen and oxygen atoms in total. The summed E-state index contributed by atoms with van der Waals surface area (Å²) < 4.78 is 6.40. The van der Waals surface area contributed by atoms with Crippen molar-refractivity contribution in [2.75, 3.05) is 6.54 Å². The van der Waals surface area contributed by atoms with Crippen molar-refractivity contribution < 1.29 is 19.4 Å². The Morgan fingerprint density at radius 3 is 1.93 bits per heavy atom. The van der Waals surface area contributed by atoms with E-state index in [2.05, 4.69) is 84.9 Å². The number of carbonyl (C=O) groups excluding carboxylic acids is 1. The van der Waals surface area contributed by atoms with Gasteiger partial charge in [0.1, 0.15) is 11.4 Å². The Balaban J connectivity index is 1.49. The zero-order chi connectivity index (χ0) is 29.3. The predicted molar refractivity (Wildman–Crippen MR) is 160 cm³/mol. The third kappa shape index (κ3) is 7.12. The van der Waals surface area contributed by atoms with Crippen LogP contribution in [0.25, 0.3) is 0 Å². The first-order chi connectivity index (χ1) is 18.6. The molecule has 0 fully saturated rings. The maximum atomic E-state index is 13.6. The van der Waals surface area contributed by atoms with Crippen molar-refractivity contribution in [2.45, 2.75) is 90.7 Å². The standard InChI is InChI=1S/C35H43NO4/c1-33(2,3)28-13-8-24(9-14-28)21-35(7)22-27-20-26(12-17-30(27)40-35)32(39)36(19-18-31(37)38)23-25-10-15-29(16-11-25)34(4,5)6/h8-17,20H,18-19,21-23H2,1-7H3,(H,37,38). The van der Waals surface area contributed by atoms with Gasteiger partial charge in [-0.05, 0) is 63.8 Å². The lowest BCUT2D eigenvalue weighted by Gasteiger charge is -2.25. The molecule has 0 radical (unpaired) electrons. The van der Waals surface area contributed by atoms with Gasteiger partial charge in [-0.25, -0.2) is 0 Å². The van der Waals surface area contributed by atoms with Gasteiger partial charge in [0, 0.05) is 31.5 Å². The van der Waals surface area contributed by atoms with E-state index in [0.29, 0.717) is 18.5 Å². The Kier molecular flexibility index (Phi) is 8.16. The van der Waals surface area contributed by atoms with Gasteiger partial charge in [0.15, 0.2) is 0 Å². The topological polar surface area (TPSA) is 66.8 Å². The minimum Gasteiger partial charge on any atom is -0.487 e. The molecule has 40 heavy (non-hydrogen) atoms. The number of nitrogens with zero attached hydrogens (tertiary/aromatic N) is 1. The van der Waals surface area contributed by atoms with Gasteiger partial charge >= 0.3 is 5.97 Å². The monoisotopic (exact) mass is 541 g/mol. The van der Waals surface area contributed by atoms with Gasteiger partial charge in [0.2, 0.25) is 0 Å². The van der Waals surface area contributed by atoms with E-state index in [1.165, 1.54) is 16.7 Å². The van der Waals surface area contributed by atoms with E-state index < -0.39 is 11.6 Å². The van der Waals surface area contributed by atoms with Crippen molar-refractivity contribution in [3.05, 3.63) is 100 Å². The summed E-state index contributed by atoms with van der Waals surface area (Å²) in [6, 6.07) is 22.6. The number of benzene rings is 3. The Labute approximate surface area is 239 Å². The van der Waals surface area contributed by atoms with E-state index in [4.69, 9.17) is 4.74 Å². The molecule has 3 aromatic carbocycles. The Bertz CT molecular complexity index is 1360. The molecule has 0 bridgehead atoms. The first-order valence-electron chi connectivity index (χ1n) is 14.1. The summed E-state index contributed by atoms with van der Waals surface area (Å²) in [7, 11) is 0. The SMILES string of the molecule is CC1(Cc2ccc(C(C)(C)C)cc2)Cc2cc(C(=O)N(CCC(=O)O)Cc3ccc(C(C)(C)C)cc3)ccc2O1. The maximum absolute atomic E-state index is 13.6. The lowest BCUT2D eigenvalue weighted by Crippen LogP contribution is -2.33.